The number of carbonyl (C=O) groups is 3. The molecular weight excluding hydrogens is 402 g/mol. The van der Waals surface area contributed by atoms with Crippen LogP contribution < -0.4 is 20.3 Å². The van der Waals surface area contributed by atoms with E-state index in [2.05, 4.69) is 10.6 Å². The largest absolute Gasteiger partial charge is 0.426 e. The molecule has 8 heteroatoms. The van der Waals surface area contributed by atoms with Crippen molar-refractivity contribution in [3.8, 4) is 5.75 Å². The van der Waals surface area contributed by atoms with Crippen LogP contribution in [-0.2, 0) is 9.59 Å². The highest BCUT2D eigenvalue weighted by Gasteiger charge is 2.13. The maximum absolute atomic E-state index is 12.0. The lowest BCUT2D eigenvalue weighted by Crippen LogP contribution is -2.40. The fourth-order valence-electron chi connectivity index (χ4n) is 2.42. The van der Waals surface area contributed by atoms with Gasteiger partial charge < -0.3 is 15.4 Å². The van der Waals surface area contributed by atoms with Gasteiger partial charge in [-0.05, 0) is 57.2 Å². The predicted molar refractivity (Wildman–Crippen MR) is 121 cm³/mol. The van der Waals surface area contributed by atoms with Gasteiger partial charge in [0.15, 0.2) is 0 Å². The molecule has 0 aliphatic heterocycles. The molecule has 30 heavy (non-hydrogen) atoms. The molecule has 160 valence electrons. The van der Waals surface area contributed by atoms with Crippen LogP contribution in [0, 0.1) is 6.92 Å². The summed E-state index contributed by atoms with van der Waals surface area (Å²) in [5.74, 6) is -0.0334. The molecule has 0 radical (unpaired) electrons. The lowest BCUT2D eigenvalue weighted by molar-refractivity contribution is -0.131. The molecule has 7 nitrogen and oxygen atoms in total. The molecular formula is C22H27N3O4S. The number of benzene rings is 2. The molecule has 0 bridgehead atoms. The van der Waals surface area contributed by atoms with E-state index in [4.69, 9.17) is 4.74 Å². The summed E-state index contributed by atoms with van der Waals surface area (Å²) in [6.07, 6.45) is 0. The van der Waals surface area contributed by atoms with Gasteiger partial charge in [-0.15, -0.1) is 11.8 Å². The molecule has 0 aliphatic rings. The monoisotopic (exact) mass is 429 g/mol. The number of nitrogens with one attached hydrogen (secondary N) is 2. The highest BCUT2D eigenvalue weighted by atomic mass is 32.2. The minimum atomic E-state index is -0.443. The molecule has 3 amide bonds. The van der Waals surface area contributed by atoms with Gasteiger partial charge in [0.1, 0.15) is 5.75 Å². The number of thioether (sulfide) groups is 1. The summed E-state index contributed by atoms with van der Waals surface area (Å²) >= 11 is 1.18. The number of ether oxygens (including phenoxy) is 1. The molecule has 0 spiro atoms. The second kappa shape index (κ2) is 11.3. The third-order valence-electron chi connectivity index (χ3n) is 3.96. The maximum Gasteiger partial charge on any atom is 0.321 e. The van der Waals surface area contributed by atoms with E-state index in [1.807, 2.05) is 45.0 Å². The van der Waals surface area contributed by atoms with Crippen LogP contribution in [0.25, 0.3) is 0 Å². The molecule has 0 unspecified atom stereocenters. The summed E-state index contributed by atoms with van der Waals surface area (Å²) in [7, 11) is 1.66. The fourth-order valence-corrected chi connectivity index (χ4v) is 3.01. The van der Waals surface area contributed by atoms with Crippen LogP contribution in [0.4, 0.5) is 16.2 Å². The number of hydrogen-bond acceptors (Lipinski definition) is 5. The maximum atomic E-state index is 12.0. The third-order valence-corrected chi connectivity index (χ3v) is 4.87. The molecule has 0 atom stereocenters. The first kappa shape index (κ1) is 23.3. The van der Waals surface area contributed by atoms with Gasteiger partial charge in [-0.25, -0.2) is 4.79 Å². The number of hydrogen-bond donors (Lipinski definition) is 2. The molecule has 2 aromatic carbocycles. The number of nitrogens with zero attached hydrogens (tertiary/aromatic N) is 1. The average Bonchev–Trinajstić information content (AvgIpc) is 2.69. The fraction of sp³-hybridized carbons (Fsp3) is 0.318. The summed E-state index contributed by atoms with van der Waals surface area (Å²) in [5, 5.41) is 5.58. The molecule has 0 aromatic heterocycles. The van der Waals surface area contributed by atoms with Crippen LogP contribution in [0.3, 0.4) is 0 Å². The smallest absolute Gasteiger partial charge is 0.321 e. The van der Waals surface area contributed by atoms with E-state index in [-0.39, 0.29) is 29.5 Å². The molecule has 2 aromatic rings. The van der Waals surface area contributed by atoms with Crippen LogP contribution in [-0.4, -0.2) is 42.5 Å². The van der Waals surface area contributed by atoms with Gasteiger partial charge in [-0.1, -0.05) is 17.7 Å². The van der Waals surface area contributed by atoms with E-state index in [9.17, 15) is 14.4 Å². The molecule has 0 heterocycles. The first-order chi connectivity index (χ1) is 14.2. The highest BCUT2D eigenvalue weighted by Crippen LogP contribution is 2.19. The normalized spacial score (nSPS) is 10.4. The summed E-state index contributed by atoms with van der Waals surface area (Å²) < 4.78 is 5.28. The summed E-state index contributed by atoms with van der Waals surface area (Å²) in [6.45, 7) is 5.75. The van der Waals surface area contributed by atoms with Crippen molar-refractivity contribution < 1.29 is 19.1 Å². The number of aryl methyl sites for hydroxylation is 1. The Kier molecular flexibility index (Phi) is 8.73. The lowest BCUT2D eigenvalue weighted by Gasteiger charge is -2.20. The zero-order chi connectivity index (χ0) is 22.1. The molecule has 0 saturated carbocycles. The standard InChI is InChI=1S/C22H27N3O4S/c1-15(2)23-22(28)25(4)18-9-11-19(12-10-18)29-21(27)14-30-13-20(26)24-17-7-5-16(3)6-8-17/h5-12,15H,13-14H2,1-4H3,(H,23,28)(H,24,26). The summed E-state index contributed by atoms with van der Waals surface area (Å²) in [5.41, 5.74) is 2.51. The number of anilines is 2. The van der Waals surface area contributed by atoms with Crippen molar-refractivity contribution in [2.24, 2.45) is 0 Å². The van der Waals surface area contributed by atoms with Gasteiger partial charge >= 0.3 is 12.0 Å². The van der Waals surface area contributed by atoms with E-state index in [0.717, 1.165) is 11.3 Å². The average molecular weight is 430 g/mol. The zero-order valence-electron chi connectivity index (χ0n) is 17.6. The zero-order valence-corrected chi connectivity index (χ0v) is 18.4. The van der Waals surface area contributed by atoms with E-state index in [1.54, 1.807) is 31.3 Å². The van der Waals surface area contributed by atoms with Gasteiger partial charge in [0.05, 0.1) is 11.5 Å². The van der Waals surface area contributed by atoms with Crippen molar-refractivity contribution in [1.82, 2.24) is 5.32 Å². The minimum absolute atomic E-state index is 0.0386. The van der Waals surface area contributed by atoms with E-state index in [1.165, 1.54) is 16.7 Å². The number of rotatable bonds is 8. The Balaban J connectivity index is 1.74. The van der Waals surface area contributed by atoms with Crippen molar-refractivity contribution in [1.29, 1.82) is 0 Å². The van der Waals surface area contributed by atoms with Crippen molar-refractivity contribution in [3.63, 3.8) is 0 Å². The molecule has 0 fully saturated rings. The summed E-state index contributed by atoms with van der Waals surface area (Å²) in [4.78, 5) is 37.4. The van der Waals surface area contributed by atoms with Crippen LogP contribution in [0.15, 0.2) is 48.5 Å². The van der Waals surface area contributed by atoms with Gasteiger partial charge in [-0.2, -0.15) is 0 Å². The Labute approximate surface area is 181 Å². The quantitative estimate of drug-likeness (QED) is 0.492. The minimum Gasteiger partial charge on any atom is -0.426 e. The van der Waals surface area contributed by atoms with Crippen molar-refractivity contribution in [2.45, 2.75) is 26.8 Å². The van der Waals surface area contributed by atoms with Gasteiger partial charge in [-0.3, -0.25) is 14.5 Å². The predicted octanol–water partition coefficient (Wildman–Crippen LogP) is 3.83. The molecule has 2 rings (SSSR count). The summed E-state index contributed by atoms with van der Waals surface area (Å²) in [6, 6.07) is 14.0. The van der Waals surface area contributed by atoms with Gasteiger partial charge in [0, 0.05) is 24.5 Å². The van der Waals surface area contributed by atoms with Crippen molar-refractivity contribution in [3.05, 3.63) is 54.1 Å². The van der Waals surface area contributed by atoms with Crippen molar-refractivity contribution >= 4 is 41.0 Å². The second-order valence-electron chi connectivity index (χ2n) is 7.04. The van der Waals surface area contributed by atoms with Crippen LogP contribution in [0.1, 0.15) is 19.4 Å². The third kappa shape index (κ3) is 7.79. The Morgan fingerprint density at radius 1 is 1.00 bits per heavy atom. The van der Waals surface area contributed by atoms with E-state index < -0.39 is 5.97 Å². The van der Waals surface area contributed by atoms with Crippen LogP contribution >= 0.6 is 11.8 Å². The molecule has 0 aliphatic carbocycles. The first-order valence-electron chi connectivity index (χ1n) is 9.54. The van der Waals surface area contributed by atoms with Crippen molar-refractivity contribution in [2.75, 3.05) is 28.8 Å². The van der Waals surface area contributed by atoms with Gasteiger partial charge in [0.2, 0.25) is 5.91 Å². The first-order valence-corrected chi connectivity index (χ1v) is 10.7. The lowest BCUT2D eigenvalue weighted by atomic mass is 10.2. The SMILES string of the molecule is Cc1ccc(NC(=O)CSCC(=O)Oc2ccc(N(C)C(=O)NC(C)C)cc2)cc1. The van der Waals surface area contributed by atoms with Crippen LogP contribution in [0.2, 0.25) is 0 Å². The van der Waals surface area contributed by atoms with E-state index in [0.29, 0.717) is 11.4 Å². The molecule has 2 N–H and O–H groups in total. The number of urea groups is 1. The van der Waals surface area contributed by atoms with E-state index >= 15 is 0 Å². The Bertz CT molecular complexity index is 867. The number of esters is 1. The number of amides is 3. The highest BCUT2D eigenvalue weighted by molar-refractivity contribution is 8.00. The molecule has 0 saturated heterocycles. The Hall–Kier alpha value is -3.00. The topological polar surface area (TPSA) is 87.7 Å². The second-order valence-corrected chi connectivity index (χ2v) is 8.02. The van der Waals surface area contributed by atoms with Gasteiger partial charge in [0.25, 0.3) is 0 Å². The Morgan fingerprint density at radius 3 is 2.23 bits per heavy atom. The Morgan fingerprint density at radius 2 is 1.63 bits per heavy atom. The number of carbonyl (C=O) groups excluding carboxylic acids is 3. The van der Waals surface area contributed by atoms with Crippen LogP contribution in [0.5, 0.6) is 5.75 Å².